The number of carbonyl (C=O) groups is 1. The molecule has 3 heterocycles. The number of nitrogens with zero attached hydrogens (tertiary/aromatic N) is 2. The standard InChI is InChI=1S/C18H24N2O5S/c1-3-20-12-18-11-19(9-15(25-18)8-16(18)26(20,22)23)17(21)10-24-14-6-4-13(2)5-7-14/h4-7,15-16H,3,8-12H2,1-2H3/t15-,16-,18-/m1/s1. The maximum absolute atomic E-state index is 12.7. The fraction of sp³-hybridized carbons (Fsp3) is 0.611. The normalized spacial score (nSPS) is 32.5. The van der Waals surface area contributed by atoms with Crippen molar-refractivity contribution in [3.8, 4) is 5.75 Å². The lowest BCUT2D eigenvalue weighted by Crippen LogP contribution is -2.57. The number of morpholine rings is 1. The summed E-state index contributed by atoms with van der Waals surface area (Å²) in [6.07, 6.45) is 0.243. The van der Waals surface area contributed by atoms with Crippen molar-refractivity contribution in [2.24, 2.45) is 0 Å². The van der Waals surface area contributed by atoms with Crippen LogP contribution in [0.1, 0.15) is 18.9 Å². The average molecular weight is 380 g/mol. The number of hydrogen-bond acceptors (Lipinski definition) is 5. The number of hydrogen-bond donors (Lipinski definition) is 0. The first-order valence-corrected chi connectivity index (χ1v) is 10.5. The zero-order chi connectivity index (χ0) is 18.5. The molecule has 0 saturated carbocycles. The van der Waals surface area contributed by atoms with Gasteiger partial charge in [0.15, 0.2) is 6.61 Å². The first-order chi connectivity index (χ1) is 12.3. The Morgan fingerprint density at radius 2 is 2.04 bits per heavy atom. The van der Waals surface area contributed by atoms with Gasteiger partial charge in [-0.3, -0.25) is 4.79 Å². The van der Waals surface area contributed by atoms with Crippen molar-refractivity contribution < 1.29 is 22.7 Å². The molecule has 2 bridgehead atoms. The van der Waals surface area contributed by atoms with Crippen molar-refractivity contribution in [3.05, 3.63) is 29.8 Å². The van der Waals surface area contributed by atoms with Gasteiger partial charge in [0.25, 0.3) is 5.91 Å². The van der Waals surface area contributed by atoms with E-state index < -0.39 is 20.9 Å². The van der Waals surface area contributed by atoms with Gasteiger partial charge in [-0.25, -0.2) is 8.42 Å². The van der Waals surface area contributed by atoms with E-state index in [1.807, 2.05) is 38.1 Å². The lowest BCUT2D eigenvalue weighted by molar-refractivity contribution is -0.152. The van der Waals surface area contributed by atoms with Gasteiger partial charge >= 0.3 is 0 Å². The lowest BCUT2D eigenvalue weighted by atomic mass is 9.99. The maximum Gasteiger partial charge on any atom is 0.260 e. The number of rotatable bonds is 4. The van der Waals surface area contributed by atoms with E-state index in [2.05, 4.69) is 0 Å². The van der Waals surface area contributed by atoms with Gasteiger partial charge in [-0.15, -0.1) is 0 Å². The van der Waals surface area contributed by atoms with E-state index in [9.17, 15) is 13.2 Å². The molecule has 1 aromatic rings. The number of aryl methyl sites for hydroxylation is 1. The van der Waals surface area contributed by atoms with Gasteiger partial charge < -0.3 is 14.4 Å². The third kappa shape index (κ3) is 2.80. The summed E-state index contributed by atoms with van der Waals surface area (Å²) in [5, 5.41) is -0.546. The van der Waals surface area contributed by atoms with Crippen molar-refractivity contribution in [1.82, 2.24) is 9.21 Å². The molecule has 3 aliphatic heterocycles. The predicted molar refractivity (Wildman–Crippen MR) is 95.4 cm³/mol. The Morgan fingerprint density at radius 3 is 2.73 bits per heavy atom. The van der Waals surface area contributed by atoms with E-state index in [-0.39, 0.29) is 18.6 Å². The van der Waals surface area contributed by atoms with E-state index in [1.54, 1.807) is 4.90 Å². The number of amides is 1. The topological polar surface area (TPSA) is 76.2 Å². The first-order valence-electron chi connectivity index (χ1n) is 8.98. The third-order valence-electron chi connectivity index (χ3n) is 5.60. The number of sulfonamides is 1. The smallest absolute Gasteiger partial charge is 0.260 e. The minimum absolute atomic E-state index is 0.0548. The second kappa shape index (κ2) is 6.21. The van der Waals surface area contributed by atoms with Crippen LogP contribution >= 0.6 is 0 Å². The fourth-order valence-electron chi connectivity index (χ4n) is 4.30. The zero-order valence-electron chi connectivity index (χ0n) is 15.1. The van der Waals surface area contributed by atoms with Gasteiger partial charge in [-0.2, -0.15) is 4.31 Å². The highest BCUT2D eigenvalue weighted by Crippen LogP contribution is 2.46. The van der Waals surface area contributed by atoms with E-state index in [0.717, 1.165) is 5.56 Å². The molecular weight excluding hydrogens is 356 g/mol. The predicted octanol–water partition coefficient (Wildman–Crippen LogP) is 0.778. The van der Waals surface area contributed by atoms with Gasteiger partial charge in [0.05, 0.1) is 12.6 Å². The SMILES string of the molecule is CCN1C[C@]23CN(C(=O)COc4ccc(C)cc4)C[C@@H](C[C@H]2S1(=O)=O)O3. The molecule has 0 unspecified atom stereocenters. The molecule has 26 heavy (non-hydrogen) atoms. The van der Waals surface area contributed by atoms with Crippen molar-refractivity contribution in [3.63, 3.8) is 0 Å². The summed E-state index contributed by atoms with van der Waals surface area (Å²) in [5.74, 6) is 0.517. The molecular formula is C18H24N2O5S. The van der Waals surface area contributed by atoms with Crippen LogP contribution in [0.2, 0.25) is 0 Å². The van der Waals surface area contributed by atoms with Crippen LogP contribution in [0.15, 0.2) is 24.3 Å². The highest BCUT2D eigenvalue weighted by Gasteiger charge is 2.65. The molecule has 0 N–H and O–H groups in total. The quantitative estimate of drug-likeness (QED) is 0.772. The van der Waals surface area contributed by atoms with Crippen LogP contribution in [0, 0.1) is 6.92 Å². The monoisotopic (exact) mass is 380 g/mol. The molecule has 7 nitrogen and oxygen atoms in total. The molecule has 142 valence electrons. The number of carbonyl (C=O) groups excluding carboxylic acids is 1. The van der Waals surface area contributed by atoms with Gasteiger partial charge in [-0.05, 0) is 25.5 Å². The summed E-state index contributed by atoms with van der Waals surface area (Å²) < 4.78 is 38.5. The minimum Gasteiger partial charge on any atom is -0.484 e. The molecule has 8 heteroatoms. The van der Waals surface area contributed by atoms with Gasteiger partial charge in [0.2, 0.25) is 10.0 Å². The van der Waals surface area contributed by atoms with Crippen molar-refractivity contribution in [2.45, 2.75) is 37.2 Å². The molecule has 1 amide bonds. The molecule has 3 saturated heterocycles. The minimum atomic E-state index is -3.35. The number of ether oxygens (including phenoxy) is 2. The van der Waals surface area contributed by atoms with Crippen LogP contribution < -0.4 is 4.74 Å². The van der Waals surface area contributed by atoms with Crippen LogP contribution in [0.4, 0.5) is 0 Å². The summed E-state index contributed by atoms with van der Waals surface area (Å²) >= 11 is 0. The third-order valence-corrected chi connectivity index (χ3v) is 8.05. The van der Waals surface area contributed by atoms with Crippen LogP contribution in [-0.4, -0.2) is 73.3 Å². The molecule has 3 aliphatic rings. The first kappa shape index (κ1) is 17.8. The van der Waals surface area contributed by atoms with E-state index in [0.29, 0.717) is 38.3 Å². The van der Waals surface area contributed by atoms with Crippen LogP contribution in [-0.2, 0) is 19.6 Å². The Morgan fingerprint density at radius 1 is 1.31 bits per heavy atom. The van der Waals surface area contributed by atoms with Crippen LogP contribution in [0.25, 0.3) is 0 Å². The number of benzene rings is 1. The van der Waals surface area contributed by atoms with Gasteiger partial charge in [0.1, 0.15) is 16.6 Å². The summed E-state index contributed by atoms with van der Waals surface area (Å²) in [6, 6.07) is 7.54. The molecule has 0 aromatic heterocycles. The van der Waals surface area contributed by atoms with E-state index in [1.165, 1.54) is 4.31 Å². The Bertz CT molecular complexity index is 809. The Labute approximate surface area is 153 Å². The van der Waals surface area contributed by atoms with Crippen LogP contribution in [0.3, 0.4) is 0 Å². The summed E-state index contributed by atoms with van der Waals surface area (Å²) in [7, 11) is -3.35. The Balaban J connectivity index is 1.45. The van der Waals surface area contributed by atoms with Crippen molar-refractivity contribution >= 4 is 15.9 Å². The highest BCUT2D eigenvalue weighted by molar-refractivity contribution is 7.90. The number of fused-ring (bicyclic) bond motifs is 1. The molecule has 0 aliphatic carbocycles. The average Bonchev–Trinajstić information content (AvgIpc) is 2.99. The fourth-order valence-corrected chi connectivity index (χ4v) is 6.62. The van der Waals surface area contributed by atoms with E-state index in [4.69, 9.17) is 9.47 Å². The Kier molecular flexibility index (Phi) is 4.24. The van der Waals surface area contributed by atoms with Gasteiger partial charge in [0, 0.05) is 19.6 Å². The maximum atomic E-state index is 12.7. The number of likely N-dealkylation sites (tertiary alicyclic amines) is 1. The molecule has 1 aromatic carbocycles. The summed E-state index contributed by atoms with van der Waals surface area (Å²) in [6.45, 7) is 5.25. The summed E-state index contributed by atoms with van der Waals surface area (Å²) in [4.78, 5) is 14.3. The lowest BCUT2D eigenvalue weighted by Gasteiger charge is -2.39. The molecule has 0 radical (unpaired) electrons. The highest BCUT2D eigenvalue weighted by atomic mass is 32.2. The largest absolute Gasteiger partial charge is 0.484 e. The van der Waals surface area contributed by atoms with Crippen molar-refractivity contribution in [1.29, 1.82) is 0 Å². The number of likely N-dealkylation sites (N-methyl/N-ethyl adjacent to an activating group) is 1. The molecule has 1 spiro atoms. The zero-order valence-corrected chi connectivity index (χ0v) is 15.9. The Hall–Kier alpha value is -1.64. The second-order valence-corrected chi connectivity index (χ2v) is 9.49. The molecule has 3 atom stereocenters. The summed E-state index contributed by atoms with van der Waals surface area (Å²) in [5.41, 5.74) is 0.332. The van der Waals surface area contributed by atoms with Crippen LogP contribution in [0.5, 0.6) is 5.75 Å². The molecule has 4 rings (SSSR count). The van der Waals surface area contributed by atoms with Crippen molar-refractivity contribution in [2.75, 3.05) is 32.8 Å². The molecule has 3 fully saturated rings. The van der Waals surface area contributed by atoms with Gasteiger partial charge in [-0.1, -0.05) is 24.6 Å². The second-order valence-electron chi connectivity index (χ2n) is 7.38. The van der Waals surface area contributed by atoms with E-state index >= 15 is 0 Å².